The Bertz CT molecular complexity index is 1440. The number of thioether (sulfide) groups is 1. The molecule has 0 saturated heterocycles. The summed E-state index contributed by atoms with van der Waals surface area (Å²) in [7, 11) is 0. The Kier molecular flexibility index (Phi) is 6.08. The first-order valence-corrected chi connectivity index (χ1v) is 13.1. The van der Waals surface area contributed by atoms with E-state index in [2.05, 4.69) is 13.8 Å². The lowest BCUT2D eigenvalue weighted by molar-refractivity contribution is -0.0379. The fourth-order valence-corrected chi connectivity index (χ4v) is 6.46. The Hall–Kier alpha value is -1.83. The molecule has 0 radical (unpaired) electrons. The van der Waals surface area contributed by atoms with Crippen LogP contribution in [0.2, 0.25) is 10.0 Å². The normalized spacial score (nSPS) is 15.1. The maximum absolute atomic E-state index is 14.0. The van der Waals surface area contributed by atoms with Gasteiger partial charge in [-0.25, -0.2) is 4.98 Å². The molecule has 4 aromatic rings. The number of aryl methyl sites for hydroxylation is 1. The lowest BCUT2D eigenvalue weighted by atomic mass is 9.94. The highest BCUT2D eigenvalue weighted by Gasteiger charge is 2.31. The van der Waals surface area contributed by atoms with Crippen molar-refractivity contribution in [3.8, 4) is 5.69 Å². The first-order chi connectivity index (χ1) is 15.7. The molecule has 2 aromatic heterocycles. The second-order valence-corrected chi connectivity index (χ2v) is 11.7. The monoisotopic (exact) mass is 516 g/mol. The van der Waals surface area contributed by atoms with E-state index in [1.54, 1.807) is 22.0 Å². The third kappa shape index (κ3) is 4.47. The molecule has 4 nitrogen and oxygen atoms in total. The molecular weight excluding hydrogens is 495 g/mol. The molecule has 170 valence electrons. The first-order valence-electron chi connectivity index (χ1n) is 10.6. The van der Waals surface area contributed by atoms with Gasteiger partial charge in [0.25, 0.3) is 5.56 Å². The number of thiophene rings is 1. The first kappa shape index (κ1) is 22.9. The van der Waals surface area contributed by atoms with Gasteiger partial charge in [-0.1, -0.05) is 53.2 Å². The van der Waals surface area contributed by atoms with Crippen molar-refractivity contribution in [1.82, 2.24) is 9.55 Å². The Morgan fingerprint density at radius 2 is 2.00 bits per heavy atom. The molecule has 0 unspecified atom stereocenters. The van der Waals surface area contributed by atoms with Crippen LogP contribution in [-0.2, 0) is 23.5 Å². The van der Waals surface area contributed by atoms with E-state index < -0.39 is 0 Å². The maximum atomic E-state index is 14.0. The van der Waals surface area contributed by atoms with Crippen LogP contribution in [-0.4, -0.2) is 15.2 Å². The molecule has 1 aliphatic heterocycles. The molecule has 0 atom stereocenters. The van der Waals surface area contributed by atoms with Crippen LogP contribution in [0.25, 0.3) is 15.9 Å². The van der Waals surface area contributed by atoms with Crippen molar-refractivity contribution in [1.29, 1.82) is 0 Å². The average molecular weight is 518 g/mol. The minimum atomic E-state index is -0.303. The van der Waals surface area contributed by atoms with Gasteiger partial charge in [0, 0.05) is 17.1 Å². The van der Waals surface area contributed by atoms with Gasteiger partial charge < -0.3 is 4.74 Å². The number of nitrogens with zero attached hydrogens (tertiary/aromatic N) is 2. The van der Waals surface area contributed by atoms with Gasteiger partial charge in [0.2, 0.25) is 0 Å². The molecule has 2 aromatic carbocycles. The molecule has 0 fully saturated rings. The molecule has 0 spiro atoms. The average Bonchev–Trinajstić information content (AvgIpc) is 3.11. The van der Waals surface area contributed by atoms with Gasteiger partial charge in [-0.2, -0.15) is 0 Å². The highest BCUT2D eigenvalue weighted by atomic mass is 35.5. The van der Waals surface area contributed by atoms with E-state index in [0.29, 0.717) is 39.4 Å². The van der Waals surface area contributed by atoms with E-state index in [9.17, 15) is 4.79 Å². The molecule has 0 aliphatic carbocycles. The summed E-state index contributed by atoms with van der Waals surface area (Å²) in [5, 5.41) is 2.41. The zero-order valence-corrected chi connectivity index (χ0v) is 21.6. The highest BCUT2D eigenvalue weighted by molar-refractivity contribution is 7.98. The largest absolute Gasteiger partial charge is 0.370 e. The number of rotatable bonds is 4. The van der Waals surface area contributed by atoms with E-state index >= 15 is 0 Å². The topological polar surface area (TPSA) is 44.1 Å². The van der Waals surface area contributed by atoms with Crippen molar-refractivity contribution >= 4 is 56.5 Å². The van der Waals surface area contributed by atoms with Crippen LogP contribution in [0.3, 0.4) is 0 Å². The Morgan fingerprint density at radius 1 is 1.18 bits per heavy atom. The number of halogens is 2. The van der Waals surface area contributed by atoms with Crippen LogP contribution in [0.4, 0.5) is 0 Å². The predicted molar refractivity (Wildman–Crippen MR) is 139 cm³/mol. The molecular formula is C25H22Cl2N2O2S2. The molecule has 5 rings (SSSR count). The van der Waals surface area contributed by atoms with E-state index in [1.807, 2.05) is 43.3 Å². The number of ether oxygens (including phenoxy) is 1. The molecule has 8 heteroatoms. The molecule has 33 heavy (non-hydrogen) atoms. The summed E-state index contributed by atoms with van der Waals surface area (Å²) in [5.41, 5.74) is 3.66. The maximum Gasteiger partial charge on any atom is 0.267 e. The number of hydrogen-bond donors (Lipinski definition) is 0. The smallest absolute Gasteiger partial charge is 0.267 e. The standard InChI is InChI=1S/C25H22Cl2N2O2S2/c1-14-5-4-6-16(9-14)29-23(30)21-17-11-25(2,3)31-12-20(17)33-22(21)28-24(29)32-13-15-7-8-18(26)19(27)10-15/h4-10H,11-13H2,1-3H3. The summed E-state index contributed by atoms with van der Waals surface area (Å²) in [6, 6.07) is 13.6. The van der Waals surface area contributed by atoms with Crippen molar-refractivity contribution in [3.63, 3.8) is 0 Å². The van der Waals surface area contributed by atoms with Crippen LogP contribution in [0.1, 0.15) is 35.4 Å². The number of aromatic nitrogens is 2. The Morgan fingerprint density at radius 3 is 2.76 bits per heavy atom. The van der Waals surface area contributed by atoms with Crippen molar-refractivity contribution in [3.05, 3.63) is 84.4 Å². The van der Waals surface area contributed by atoms with Crippen LogP contribution < -0.4 is 5.56 Å². The lowest BCUT2D eigenvalue weighted by Crippen LogP contribution is -2.32. The van der Waals surface area contributed by atoms with Crippen LogP contribution in [0, 0.1) is 6.92 Å². The Balaban J connectivity index is 1.66. The van der Waals surface area contributed by atoms with Gasteiger partial charge in [-0.15, -0.1) is 11.3 Å². The summed E-state index contributed by atoms with van der Waals surface area (Å²) >= 11 is 15.3. The summed E-state index contributed by atoms with van der Waals surface area (Å²) in [6.07, 6.45) is 0.697. The van der Waals surface area contributed by atoms with E-state index in [-0.39, 0.29) is 11.2 Å². The molecule has 3 heterocycles. The van der Waals surface area contributed by atoms with Crippen molar-refractivity contribution in [2.24, 2.45) is 0 Å². The van der Waals surface area contributed by atoms with Crippen LogP contribution >= 0.6 is 46.3 Å². The van der Waals surface area contributed by atoms with E-state index in [4.69, 9.17) is 32.9 Å². The van der Waals surface area contributed by atoms with Crippen LogP contribution in [0.15, 0.2) is 52.4 Å². The van der Waals surface area contributed by atoms with Crippen molar-refractivity contribution in [2.45, 2.75) is 50.3 Å². The summed E-state index contributed by atoms with van der Waals surface area (Å²) in [6.45, 7) is 6.66. The molecule has 0 amide bonds. The van der Waals surface area contributed by atoms with E-state index in [0.717, 1.165) is 32.1 Å². The number of benzene rings is 2. The highest BCUT2D eigenvalue weighted by Crippen LogP contribution is 2.38. The van der Waals surface area contributed by atoms with Gasteiger partial charge in [0.1, 0.15) is 4.83 Å². The lowest BCUT2D eigenvalue weighted by Gasteiger charge is -2.29. The zero-order valence-electron chi connectivity index (χ0n) is 18.4. The third-order valence-electron chi connectivity index (χ3n) is 5.69. The van der Waals surface area contributed by atoms with Gasteiger partial charge in [0.15, 0.2) is 5.16 Å². The summed E-state index contributed by atoms with van der Waals surface area (Å²) < 4.78 is 7.74. The summed E-state index contributed by atoms with van der Waals surface area (Å²) in [4.78, 5) is 20.8. The number of hydrogen-bond acceptors (Lipinski definition) is 5. The second-order valence-electron chi connectivity index (χ2n) is 8.82. The Labute approximate surface area is 210 Å². The molecule has 0 N–H and O–H groups in total. The minimum absolute atomic E-state index is 0.0301. The quantitative estimate of drug-likeness (QED) is 0.212. The van der Waals surface area contributed by atoms with Crippen LogP contribution in [0.5, 0.6) is 0 Å². The SMILES string of the molecule is Cc1cccc(-n2c(SCc3ccc(Cl)c(Cl)c3)nc3sc4c(c3c2=O)CC(C)(C)OC4)c1. The second kappa shape index (κ2) is 8.75. The third-order valence-corrected chi connectivity index (χ3v) is 8.53. The zero-order chi connectivity index (χ0) is 23.3. The van der Waals surface area contributed by atoms with E-state index in [1.165, 1.54) is 11.8 Å². The molecule has 0 saturated carbocycles. The van der Waals surface area contributed by atoms with Gasteiger partial charge in [-0.3, -0.25) is 9.36 Å². The fourth-order valence-electron chi connectivity index (χ4n) is 4.04. The predicted octanol–water partition coefficient (Wildman–Crippen LogP) is 7.21. The van der Waals surface area contributed by atoms with Gasteiger partial charge >= 0.3 is 0 Å². The minimum Gasteiger partial charge on any atom is -0.370 e. The molecule has 1 aliphatic rings. The van der Waals surface area contributed by atoms with Gasteiger partial charge in [0.05, 0.1) is 33.3 Å². The van der Waals surface area contributed by atoms with Crippen molar-refractivity contribution < 1.29 is 4.74 Å². The summed E-state index contributed by atoms with van der Waals surface area (Å²) in [5.74, 6) is 0.613. The number of fused-ring (bicyclic) bond motifs is 3. The molecule has 0 bridgehead atoms. The van der Waals surface area contributed by atoms with Crippen molar-refractivity contribution in [2.75, 3.05) is 0 Å². The fraction of sp³-hybridized carbons (Fsp3) is 0.280. The van der Waals surface area contributed by atoms with Gasteiger partial charge in [-0.05, 0) is 61.7 Å².